The number of rotatable bonds is 6. The second-order valence-corrected chi connectivity index (χ2v) is 5.22. The zero-order valence-corrected chi connectivity index (χ0v) is 12.8. The Morgan fingerprint density at radius 3 is 2.67 bits per heavy atom. The maximum absolute atomic E-state index is 13.1. The number of hydrogen-bond donors (Lipinski definition) is 1. The van der Waals surface area contributed by atoms with Crippen LogP contribution in [0.15, 0.2) is 42.5 Å². The van der Waals surface area contributed by atoms with Gasteiger partial charge in [-0.1, -0.05) is 31.2 Å². The molecule has 0 aliphatic rings. The van der Waals surface area contributed by atoms with Crippen LogP contribution in [0.4, 0.5) is 4.39 Å². The van der Waals surface area contributed by atoms with Crippen LogP contribution in [0.5, 0.6) is 5.75 Å². The number of nitrogens with one attached hydrogen (secondary N) is 1. The normalized spacial score (nSPS) is 12.2. The van der Waals surface area contributed by atoms with E-state index in [0.717, 1.165) is 23.4 Å². The number of ether oxygens (including phenoxy) is 1. The van der Waals surface area contributed by atoms with E-state index in [9.17, 15) is 4.39 Å². The van der Waals surface area contributed by atoms with E-state index >= 15 is 0 Å². The van der Waals surface area contributed by atoms with Crippen molar-refractivity contribution in [1.82, 2.24) is 5.32 Å². The van der Waals surface area contributed by atoms with Gasteiger partial charge in [0, 0.05) is 6.04 Å². The Labute approximate surface area is 126 Å². The Kier molecular flexibility index (Phi) is 5.34. The molecule has 0 saturated heterocycles. The van der Waals surface area contributed by atoms with Gasteiger partial charge in [0.1, 0.15) is 18.2 Å². The lowest BCUT2D eigenvalue weighted by atomic mass is 10.1. The van der Waals surface area contributed by atoms with Crippen molar-refractivity contribution < 1.29 is 9.13 Å². The standard InChI is InChI=1S/C18H22FNO/c1-4-20-14(3)16-8-9-18(13(2)10-16)21-12-15-6-5-7-17(19)11-15/h5-11,14,20H,4,12H2,1-3H3. The van der Waals surface area contributed by atoms with E-state index in [4.69, 9.17) is 4.74 Å². The zero-order valence-electron chi connectivity index (χ0n) is 12.8. The van der Waals surface area contributed by atoms with E-state index < -0.39 is 0 Å². The molecular formula is C18H22FNO. The third-order valence-corrected chi connectivity index (χ3v) is 3.49. The summed E-state index contributed by atoms with van der Waals surface area (Å²) in [7, 11) is 0. The van der Waals surface area contributed by atoms with Gasteiger partial charge in [-0.25, -0.2) is 4.39 Å². The lowest BCUT2D eigenvalue weighted by molar-refractivity contribution is 0.303. The predicted molar refractivity (Wildman–Crippen MR) is 84.0 cm³/mol. The van der Waals surface area contributed by atoms with Gasteiger partial charge in [0.25, 0.3) is 0 Å². The van der Waals surface area contributed by atoms with E-state index in [1.54, 1.807) is 6.07 Å². The van der Waals surface area contributed by atoms with E-state index in [0.29, 0.717) is 12.6 Å². The molecule has 2 nitrogen and oxygen atoms in total. The third kappa shape index (κ3) is 4.30. The Morgan fingerprint density at radius 2 is 2.00 bits per heavy atom. The summed E-state index contributed by atoms with van der Waals surface area (Å²) < 4.78 is 18.9. The van der Waals surface area contributed by atoms with Gasteiger partial charge in [-0.3, -0.25) is 0 Å². The molecule has 2 aromatic rings. The fraction of sp³-hybridized carbons (Fsp3) is 0.333. The molecule has 0 saturated carbocycles. The monoisotopic (exact) mass is 287 g/mol. The first-order valence-electron chi connectivity index (χ1n) is 7.31. The lowest BCUT2D eigenvalue weighted by Crippen LogP contribution is -2.17. The molecule has 21 heavy (non-hydrogen) atoms. The van der Waals surface area contributed by atoms with Crippen LogP contribution < -0.4 is 10.1 Å². The van der Waals surface area contributed by atoms with Crippen LogP contribution in [0.3, 0.4) is 0 Å². The molecule has 1 N–H and O–H groups in total. The summed E-state index contributed by atoms with van der Waals surface area (Å²) in [6.45, 7) is 7.59. The average Bonchev–Trinajstić information content (AvgIpc) is 2.46. The second kappa shape index (κ2) is 7.23. The fourth-order valence-corrected chi connectivity index (χ4v) is 2.32. The Hall–Kier alpha value is -1.87. The van der Waals surface area contributed by atoms with E-state index in [2.05, 4.69) is 31.3 Å². The molecule has 112 valence electrons. The summed E-state index contributed by atoms with van der Waals surface area (Å²) in [5.41, 5.74) is 3.17. The van der Waals surface area contributed by atoms with Gasteiger partial charge in [0.15, 0.2) is 0 Å². The molecule has 0 spiro atoms. The van der Waals surface area contributed by atoms with Crippen LogP contribution >= 0.6 is 0 Å². The van der Waals surface area contributed by atoms with Crippen molar-refractivity contribution in [2.24, 2.45) is 0 Å². The van der Waals surface area contributed by atoms with E-state index in [-0.39, 0.29) is 5.82 Å². The quantitative estimate of drug-likeness (QED) is 0.851. The summed E-state index contributed by atoms with van der Waals surface area (Å²) in [6, 6.07) is 13.0. The smallest absolute Gasteiger partial charge is 0.123 e. The van der Waals surface area contributed by atoms with E-state index in [1.807, 2.05) is 19.1 Å². The van der Waals surface area contributed by atoms with Crippen LogP contribution in [0.2, 0.25) is 0 Å². The number of halogens is 1. The number of benzene rings is 2. The first kappa shape index (κ1) is 15.5. The SMILES string of the molecule is CCNC(C)c1ccc(OCc2cccc(F)c2)c(C)c1. The highest BCUT2D eigenvalue weighted by Crippen LogP contribution is 2.23. The third-order valence-electron chi connectivity index (χ3n) is 3.49. The van der Waals surface area contributed by atoms with Crippen molar-refractivity contribution in [2.75, 3.05) is 6.54 Å². The minimum atomic E-state index is -0.234. The van der Waals surface area contributed by atoms with Crippen molar-refractivity contribution in [3.05, 3.63) is 65.0 Å². The molecule has 0 aliphatic carbocycles. The molecule has 1 atom stereocenters. The van der Waals surface area contributed by atoms with Gasteiger partial charge in [-0.15, -0.1) is 0 Å². The molecule has 0 heterocycles. The summed E-state index contributed by atoms with van der Waals surface area (Å²) >= 11 is 0. The fourth-order valence-electron chi connectivity index (χ4n) is 2.32. The molecular weight excluding hydrogens is 265 g/mol. The highest BCUT2D eigenvalue weighted by molar-refractivity contribution is 5.37. The number of aryl methyl sites for hydroxylation is 1. The van der Waals surface area contributed by atoms with Crippen LogP contribution in [0, 0.1) is 12.7 Å². The Balaban J connectivity index is 2.04. The number of hydrogen-bond acceptors (Lipinski definition) is 2. The molecule has 0 aromatic heterocycles. The predicted octanol–water partition coefficient (Wildman–Crippen LogP) is 4.38. The van der Waals surface area contributed by atoms with Gasteiger partial charge in [-0.05, 0) is 55.3 Å². The Morgan fingerprint density at radius 1 is 1.19 bits per heavy atom. The first-order chi connectivity index (χ1) is 10.1. The lowest BCUT2D eigenvalue weighted by Gasteiger charge is -2.15. The van der Waals surface area contributed by atoms with Crippen LogP contribution in [0.1, 0.15) is 36.6 Å². The molecule has 0 radical (unpaired) electrons. The Bertz CT molecular complexity index is 598. The first-order valence-corrected chi connectivity index (χ1v) is 7.31. The van der Waals surface area contributed by atoms with Gasteiger partial charge in [0.2, 0.25) is 0 Å². The van der Waals surface area contributed by atoms with Crippen LogP contribution in [-0.2, 0) is 6.61 Å². The summed E-state index contributed by atoms with van der Waals surface area (Å²) in [4.78, 5) is 0. The summed E-state index contributed by atoms with van der Waals surface area (Å²) in [6.07, 6.45) is 0. The highest BCUT2D eigenvalue weighted by atomic mass is 19.1. The van der Waals surface area contributed by atoms with Crippen LogP contribution in [0.25, 0.3) is 0 Å². The molecule has 1 unspecified atom stereocenters. The highest BCUT2D eigenvalue weighted by Gasteiger charge is 2.07. The van der Waals surface area contributed by atoms with Crippen molar-refractivity contribution >= 4 is 0 Å². The largest absolute Gasteiger partial charge is 0.489 e. The second-order valence-electron chi connectivity index (χ2n) is 5.22. The minimum Gasteiger partial charge on any atom is -0.489 e. The van der Waals surface area contributed by atoms with Gasteiger partial charge in [-0.2, -0.15) is 0 Å². The molecule has 0 fully saturated rings. The molecule has 2 aromatic carbocycles. The molecule has 0 amide bonds. The molecule has 3 heteroatoms. The van der Waals surface area contributed by atoms with E-state index in [1.165, 1.54) is 17.7 Å². The van der Waals surface area contributed by atoms with Crippen molar-refractivity contribution in [3.63, 3.8) is 0 Å². The summed E-state index contributed by atoms with van der Waals surface area (Å²) in [5.74, 6) is 0.606. The molecule has 2 rings (SSSR count). The average molecular weight is 287 g/mol. The van der Waals surface area contributed by atoms with Gasteiger partial charge in [0.05, 0.1) is 0 Å². The molecule has 0 aliphatic heterocycles. The topological polar surface area (TPSA) is 21.3 Å². The molecule has 0 bridgehead atoms. The summed E-state index contributed by atoms with van der Waals surface area (Å²) in [5, 5.41) is 3.39. The zero-order chi connectivity index (χ0) is 15.2. The van der Waals surface area contributed by atoms with Gasteiger partial charge >= 0.3 is 0 Å². The minimum absolute atomic E-state index is 0.234. The van der Waals surface area contributed by atoms with Crippen molar-refractivity contribution in [1.29, 1.82) is 0 Å². The van der Waals surface area contributed by atoms with Crippen molar-refractivity contribution in [2.45, 2.75) is 33.4 Å². The maximum atomic E-state index is 13.1. The van der Waals surface area contributed by atoms with Crippen molar-refractivity contribution in [3.8, 4) is 5.75 Å². The van der Waals surface area contributed by atoms with Crippen LogP contribution in [-0.4, -0.2) is 6.54 Å². The van der Waals surface area contributed by atoms with Gasteiger partial charge < -0.3 is 10.1 Å². The maximum Gasteiger partial charge on any atom is 0.123 e.